The molecular formula is C20H19N3O7S. The molecule has 0 fully saturated rings. The van der Waals surface area contributed by atoms with Crippen molar-refractivity contribution in [1.82, 2.24) is 5.16 Å². The summed E-state index contributed by atoms with van der Waals surface area (Å²) in [5.41, 5.74) is 1.25. The molecule has 31 heavy (non-hydrogen) atoms. The highest BCUT2D eigenvalue weighted by atomic mass is 32.2. The van der Waals surface area contributed by atoms with Gasteiger partial charge >= 0.3 is 5.97 Å². The van der Waals surface area contributed by atoms with Gasteiger partial charge in [-0.3, -0.25) is 9.52 Å². The number of nitrogens with one attached hydrogen (secondary N) is 2. The predicted molar refractivity (Wildman–Crippen MR) is 110 cm³/mol. The second kappa shape index (κ2) is 9.30. The number of ether oxygens (including phenoxy) is 2. The van der Waals surface area contributed by atoms with Crippen molar-refractivity contribution in [2.75, 3.05) is 23.8 Å². The summed E-state index contributed by atoms with van der Waals surface area (Å²) in [6.07, 6.45) is 1.27. The van der Waals surface area contributed by atoms with Crippen LogP contribution >= 0.6 is 0 Å². The van der Waals surface area contributed by atoms with Gasteiger partial charge in [0.05, 0.1) is 12.7 Å². The molecule has 10 nitrogen and oxygen atoms in total. The lowest BCUT2D eigenvalue weighted by atomic mass is 10.2. The molecule has 2 aromatic carbocycles. The summed E-state index contributed by atoms with van der Waals surface area (Å²) in [6, 6.07) is 11.9. The average Bonchev–Trinajstić information content (AvgIpc) is 3.26. The largest absolute Gasteiger partial charge is 0.495 e. The number of benzene rings is 2. The second-order valence-corrected chi connectivity index (χ2v) is 8.00. The smallest absolute Gasteiger partial charge is 0.338 e. The van der Waals surface area contributed by atoms with Crippen molar-refractivity contribution >= 4 is 33.4 Å². The summed E-state index contributed by atoms with van der Waals surface area (Å²) in [4.78, 5) is 23.9. The number of amides is 1. The summed E-state index contributed by atoms with van der Waals surface area (Å²) in [5.74, 6) is -1.31. The van der Waals surface area contributed by atoms with Crippen molar-refractivity contribution in [2.24, 2.45) is 0 Å². The summed E-state index contributed by atoms with van der Waals surface area (Å²) >= 11 is 0. The quantitative estimate of drug-likeness (QED) is 0.505. The highest BCUT2D eigenvalue weighted by Crippen LogP contribution is 2.27. The van der Waals surface area contributed by atoms with Crippen LogP contribution in [-0.2, 0) is 19.6 Å². The molecule has 162 valence electrons. The summed E-state index contributed by atoms with van der Waals surface area (Å²) in [5, 5.41) is 5.87. The lowest BCUT2D eigenvalue weighted by Gasteiger charge is -2.13. The Hall–Kier alpha value is -3.86. The molecule has 0 aliphatic carbocycles. The first-order valence-corrected chi connectivity index (χ1v) is 10.4. The lowest BCUT2D eigenvalue weighted by Crippen LogP contribution is -2.21. The summed E-state index contributed by atoms with van der Waals surface area (Å²) < 4.78 is 42.8. The highest BCUT2D eigenvalue weighted by Gasteiger charge is 2.23. The van der Waals surface area contributed by atoms with E-state index in [0.717, 1.165) is 11.6 Å². The van der Waals surface area contributed by atoms with Crippen LogP contribution in [0.15, 0.2) is 64.2 Å². The maximum Gasteiger partial charge on any atom is 0.338 e. The number of aryl methyl sites for hydroxylation is 1. The number of nitrogens with zero attached hydrogens (tertiary/aromatic N) is 1. The van der Waals surface area contributed by atoms with Crippen molar-refractivity contribution in [3.63, 3.8) is 0 Å². The van der Waals surface area contributed by atoms with Gasteiger partial charge in [0.15, 0.2) is 12.4 Å². The predicted octanol–water partition coefficient (Wildman–Crippen LogP) is 2.59. The minimum atomic E-state index is -4.07. The fraction of sp³-hybridized carbons (Fsp3) is 0.150. The molecule has 0 bridgehead atoms. The average molecular weight is 445 g/mol. The third-order valence-corrected chi connectivity index (χ3v) is 5.43. The van der Waals surface area contributed by atoms with Crippen LogP contribution in [0.3, 0.4) is 0 Å². The van der Waals surface area contributed by atoms with Crippen LogP contribution in [0, 0.1) is 6.92 Å². The summed E-state index contributed by atoms with van der Waals surface area (Å²) in [6.45, 7) is 1.28. The van der Waals surface area contributed by atoms with Gasteiger partial charge in [-0.2, -0.15) is 0 Å². The van der Waals surface area contributed by atoms with E-state index in [1.807, 2.05) is 6.92 Å². The van der Waals surface area contributed by atoms with Gasteiger partial charge in [0.2, 0.25) is 0 Å². The number of aromatic nitrogens is 1. The maximum absolute atomic E-state index is 12.9. The molecule has 2 N–H and O–H groups in total. The SMILES string of the molecule is COc1ccc(C(=O)OCC(=O)Nc2ccon2)cc1S(=O)(=O)Nc1ccc(C)cc1. The van der Waals surface area contributed by atoms with Crippen LogP contribution in [0.1, 0.15) is 15.9 Å². The number of anilines is 2. The standard InChI is InChI=1S/C20H19N3O7S/c1-13-3-6-15(7-4-13)23-31(26,27)17-11-14(5-8-16(17)28-2)20(25)29-12-19(24)21-18-9-10-30-22-18/h3-11,23H,12H2,1-2H3,(H,21,22,24). The van der Waals surface area contributed by atoms with Gasteiger partial charge in [0.1, 0.15) is 16.9 Å². The van der Waals surface area contributed by atoms with E-state index in [2.05, 4.69) is 19.7 Å². The first-order valence-electron chi connectivity index (χ1n) is 8.93. The Morgan fingerprint density at radius 2 is 1.84 bits per heavy atom. The van der Waals surface area contributed by atoms with E-state index >= 15 is 0 Å². The molecule has 0 radical (unpaired) electrons. The third kappa shape index (κ3) is 5.60. The number of hydrogen-bond donors (Lipinski definition) is 2. The topological polar surface area (TPSA) is 137 Å². The molecule has 0 saturated carbocycles. The van der Waals surface area contributed by atoms with E-state index in [4.69, 9.17) is 9.47 Å². The molecule has 1 heterocycles. The fourth-order valence-electron chi connectivity index (χ4n) is 2.52. The van der Waals surface area contributed by atoms with Crippen molar-refractivity contribution in [3.8, 4) is 5.75 Å². The number of carbonyl (C=O) groups excluding carboxylic acids is 2. The zero-order chi connectivity index (χ0) is 22.4. The van der Waals surface area contributed by atoms with Crippen LogP contribution in [0.4, 0.5) is 11.5 Å². The number of sulfonamides is 1. The zero-order valence-electron chi connectivity index (χ0n) is 16.6. The Morgan fingerprint density at radius 1 is 1.10 bits per heavy atom. The van der Waals surface area contributed by atoms with Gasteiger partial charge < -0.3 is 19.3 Å². The van der Waals surface area contributed by atoms with E-state index < -0.39 is 28.5 Å². The number of hydrogen-bond acceptors (Lipinski definition) is 8. The molecule has 1 aromatic heterocycles. The monoisotopic (exact) mass is 445 g/mol. The molecule has 0 unspecified atom stereocenters. The zero-order valence-corrected chi connectivity index (χ0v) is 17.4. The van der Waals surface area contributed by atoms with E-state index in [1.165, 1.54) is 31.6 Å². The van der Waals surface area contributed by atoms with E-state index in [0.29, 0.717) is 5.69 Å². The number of rotatable bonds is 8. The van der Waals surface area contributed by atoms with E-state index in [9.17, 15) is 18.0 Å². The van der Waals surface area contributed by atoms with E-state index in [1.54, 1.807) is 24.3 Å². The van der Waals surface area contributed by atoms with Gasteiger partial charge in [0, 0.05) is 11.8 Å². The molecular weight excluding hydrogens is 426 g/mol. The van der Waals surface area contributed by atoms with Gasteiger partial charge in [-0.1, -0.05) is 22.9 Å². The Balaban J connectivity index is 1.75. The number of carbonyl (C=O) groups is 2. The summed E-state index contributed by atoms with van der Waals surface area (Å²) in [7, 11) is -2.76. The minimum Gasteiger partial charge on any atom is -0.495 e. The number of methoxy groups -OCH3 is 1. The van der Waals surface area contributed by atoms with Crippen LogP contribution in [0.5, 0.6) is 5.75 Å². The third-order valence-electron chi connectivity index (χ3n) is 4.03. The Morgan fingerprint density at radius 3 is 2.48 bits per heavy atom. The molecule has 1 amide bonds. The van der Waals surface area contributed by atoms with E-state index in [-0.39, 0.29) is 22.0 Å². The van der Waals surface area contributed by atoms with Crippen LogP contribution in [0.2, 0.25) is 0 Å². The van der Waals surface area contributed by atoms with Gasteiger partial charge in [-0.15, -0.1) is 0 Å². The Labute approximate surface area is 178 Å². The maximum atomic E-state index is 12.9. The normalized spacial score (nSPS) is 10.9. The van der Waals surface area contributed by atoms with Crippen molar-refractivity contribution in [2.45, 2.75) is 11.8 Å². The lowest BCUT2D eigenvalue weighted by molar-refractivity contribution is -0.119. The molecule has 0 atom stereocenters. The minimum absolute atomic E-state index is 0.0416. The first kappa shape index (κ1) is 21.8. The van der Waals surface area contributed by atoms with Gasteiger partial charge in [0.25, 0.3) is 15.9 Å². The Bertz CT molecular complexity index is 1170. The van der Waals surface area contributed by atoms with Crippen LogP contribution in [0.25, 0.3) is 0 Å². The molecule has 3 rings (SSSR count). The van der Waals surface area contributed by atoms with Crippen LogP contribution in [-0.4, -0.2) is 39.2 Å². The molecule has 11 heteroatoms. The number of esters is 1. The van der Waals surface area contributed by atoms with Crippen molar-refractivity contribution in [3.05, 3.63) is 65.9 Å². The van der Waals surface area contributed by atoms with Crippen molar-refractivity contribution in [1.29, 1.82) is 0 Å². The van der Waals surface area contributed by atoms with Crippen LogP contribution < -0.4 is 14.8 Å². The molecule has 0 spiro atoms. The van der Waals surface area contributed by atoms with Crippen molar-refractivity contribution < 1.29 is 32.0 Å². The first-order chi connectivity index (χ1) is 14.8. The fourth-order valence-corrected chi connectivity index (χ4v) is 3.77. The molecule has 0 saturated heterocycles. The molecule has 0 aliphatic rings. The van der Waals surface area contributed by atoms with Gasteiger partial charge in [-0.25, -0.2) is 13.2 Å². The van der Waals surface area contributed by atoms with Gasteiger partial charge in [-0.05, 0) is 37.3 Å². The Kier molecular flexibility index (Phi) is 6.55. The second-order valence-electron chi connectivity index (χ2n) is 6.35. The highest BCUT2D eigenvalue weighted by molar-refractivity contribution is 7.92. The molecule has 3 aromatic rings. The molecule has 0 aliphatic heterocycles.